The molecular weight excluding hydrogens is 420 g/mol. The number of pyridine rings is 2. The van der Waals surface area contributed by atoms with Gasteiger partial charge in [0.25, 0.3) is 5.91 Å². The van der Waals surface area contributed by atoms with Crippen molar-refractivity contribution >= 4 is 23.2 Å². The predicted octanol–water partition coefficient (Wildman–Crippen LogP) is 6.81. The Morgan fingerprint density at radius 1 is 0.559 bits per heavy atom. The molecule has 2 aromatic heterocycles. The predicted molar refractivity (Wildman–Crippen MR) is 137 cm³/mol. The Morgan fingerprint density at radius 2 is 1.09 bits per heavy atom. The van der Waals surface area contributed by atoms with E-state index in [4.69, 9.17) is 0 Å². The second kappa shape index (κ2) is 9.79. The molecule has 164 valence electrons. The molecule has 34 heavy (non-hydrogen) atoms. The lowest BCUT2D eigenvalue weighted by Gasteiger charge is -2.09. The van der Waals surface area contributed by atoms with Crippen LogP contribution >= 0.6 is 0 Å². The second-order valence-corrected chi connectivity index (χ2v) is 7.75. The van der Waals surface area contributed by atoms with Crippen molar-refractivity contribution in [3.63, 3.8) is 0 Å². The highest BCUT2D eigenvalue weighted by atomic mass is 16.1. The van der Waals surface area contributed by atoms with Gasteiger partial charge in [0.1, 0.15) is 11.6 Å². The van der Waals surface area contributed by atoms with Crippen molar-refractivity contribution in [1.29, 1.82) is 0 Å². The molecule has 5 rings (SSSR count). The smallest absolute Gasteiger partial charge is 0.256 e. The molecule has 2 N–H and O–H groups in total. The molecule has 5 heteroatoms. The Balaban J connectivity index is 1.26. The molecule has 1 amide bonds. The van der Waals surface area contributed by atoms with Crippen molar-refractivity contribution in [2.24, 2.45) is 0 Å². The zero-order valence-electron chi connectivity index (χ0n) is 18.3. The number of amides is 1. The number of rotatable bonds is 6. The number of anilines is 3. The maximum absolute atomic E-state index is 12.7. The summed E-state index contributed by atoms with van der Waals surface area (Å²) in [7, 11) is 0. The highest BCUT2D eigenvalue weighted by Crippen LogP contribution is 2.24. The van der Waals surface area contributed by atoms with Crippen LogP contribution in [0.4, 0.5) is 17.3 Å². The number of hydrogen-bond donors (Lipinski definition) is 2. The van der Waals surface area contributed by atoms with Crippen LogP contribution < -0.4 is 10.6 Å². The van der Waals surface area contributed by atoms with Gasteiger partial charge in [-0.3, -0.25) is 4.79 Å². The molecule has 2 heterocycles. The van der Waals surface area contributed by atoms with E-state index in [0.717, 1.165) is 33.8 Å². The molecule has 0 saturated heterocycles. The van der Waals surface area contributed by atoms with Gasteiger partial charge in [-0.15, -0.1) is 0 Å². The quantitative estimate of drug-likeness (QED) is 0.303. The van der Waals surface area contributed by atoms with Crippen LogP contribution in [0.5, 0.6) is 0 Å². The number of nitrogens with zero attached hydrogens (tertiary/aromatic N) is 2. The van der Waals surface area contributed by atoms with Crippen molar-refractivity contribution in [2.45, 2.75) is 0 Å². The van der Waals surface area contributed by atoms with Gasteiger partial charge in [-0.05, 0) is 70.8 Å². The molecule has 0 aliphatic heterocycles. The third-order valence-corrected chi connectivity index (χ3v) is 5.40. The highest BCUT2D eigenvalue weighted by molar-refractivity contribution is 6.04. The van der Waals surface area contributed by atoms with E-state index in [9.17, 15) is 4.79 Å². The summed E-state index contributed by atoms with van der Waals surface area (Å²) in [5, 5.41) is 6.18. The van der Waals surface area contributed by atoms with E-state index < -0.39 is 0 Å². The summed E-state index contributed by atoms with van der Waals surface area (Å²) in [5.41, 5.74) is 5.67. The Morgan fingerprint density at radius 3 is 1.68 bits per heavy atom. The average molecular weight is 443 g/mol. The first-order chi connectivity index (χ1) is 16.7. The van der Waals surface area contributed by atoms with Crippen molar-refractivity contribution in [3.05, 3.63) is 127 Å². The lowest BCUT2D eigenvalue weighted by Crippen LogP contribution is -2.12. The van der Waals surface area contributed by atoms with Crippen LogP contribution in [0.2, 0.25) is 0 Å². The average Bonchev–Trinajstić information content (AvgIpc) is 2.90. The first-order valence-corrected chi connectivity index (χ1v) is 11.0. The monoisotopic (exact) mass is 442 g/mol. The summed E-state index contributed by atoms with van der Waals surface area (Å²) in [6, 6.07) is 35.2. The van der Waals surface area contributed by atoms with E-state index in [-0.39, 0.29) is 5.91 Å². The number of benzene rings is 3. The maximum Gasteiger partial charge on any atom is 0.256 e. The fourth-order valence-corrected chi connectivity index (χ4v) is 3.66. The summed E-state index contributed by atoms with van der Waals surface area (Å²) in [6.45, 7) is 0. The SMILES string of the molecule is O=C(Nc1cc(-c2ccccc2)ccn1)c1ccc(Nc2cc(-c3ccccc3)ccn2)cc1. The van der Waals surface area contributed by atoms with E-state index in [0.29, 0.717) is 11.4 Å². The number of hydrogen-bond acceptors (Lipinski definition) is 4. The Bertz CT molecular complexity index is 1400. The third-order valence-electron chi connectivity index (χ3n) is 5.40. The van der Waals surface area contributed by atoms with Crippen LogP contribution in [0, 0.1) is 0 Å². The molecule has 3 aromatic carbocycles. The number of aromatic nitrogens is 2. The second-order valence-electron chi connectivity index (χ2n) is 7.75. The molecule has 0 unspecified atom stereocenters. The molecule has 0 bridgehead atoms. The number of nitrogens with one attached hydrogen (secondary N) is 2. The molecule has 0 radical (unpaired) electrons. The minimum Gasteiger partial charge on any atom is -0.340 e. The first kappa shape index (κ1) is 21.1. The Kier molecular flexibility index (Phi) is 6.08. The fourth-order valence-electron chi connectivity index (χ4n) is 3.66. The van der Waals surface area contributed by atoms with Crippen LogP contribution in [0.3, 0.4) is 0 Å². The van der Waals surface area contributed by atoms with Gasteiger partial charge in [0.15, 0.2) is 0 Å². The van der Waals surface area contributed by atoms with Gasteiger partial charge < -0.3 is 10.6 Å². The van der Waals surface area contributed by atoms with Gasteiger partial charge in [0, 0.05) is 23.6 Å². The van der Waals surface area contributed by atoms with Gasteiger partial charge in [-0.25, -0.2) is 9.97 Å². The summed E-state index contributed by atoms with van der Waals surface area (Å²) in [4.78, 5) is 21.4. The van der Waals surface area contributed by atoms with Gasteiger partial charge in [-0.2, -0.15) is 0 Å². The zero-order chi connectivity index (χ0) is 23.2. The minimum atomic E-state index is -0.214. The number of carbonyl (C=O) groups excluding carboxylic acids is 1. The summed E-state index contributed by atoms with van der Waals surface area (Å²) < 4.78 is 0. The minimum absolute atomic E-state index is 0.214. The molecule has 5 nitrogen and oxygen atoms in total. The fraction of sp³-hybridized carbons (Fsp3) is 0. The lowest BCUT2D eigenvalue weighted by atomic mass is 10.1. The third kappa shape index (κ3) is 5.00. The molecule has 0 atom stereocenters. The molecule has 0 fully saturated rings. The van der Waals surface area contributed by atoms with E-state index in [1.165, 1.54) is 0 Å². The maximum atomic E-state index is 12.7. The topological polar surface area (TPSA) is 66.9 Å². The lowest BCUT2D eigenvalue weighted by molar-refractivity contribution is 0.102. The summed E-state index contributed by atoms with van der Waals surface area (Å²) >= 11 is 0. The van der Waals surface area contributed by atoms with E-state index in [2.05, 4.69) is 32.7 Å². The van der Waals surface area contributed by atoms with Gasteiger partial charge in [0.05, 0.1) is 0 Å². The normalized spacial score (nSPS) is 10.5. The van der Waals surface area contributed by atoms with Gasteiger partial charge in [0.2, 0.25) is 0 Å². The van der Waals surface area contributed by atoms with Crippen molar-refractivity contribution in [3.8, 4) is 22.3 Å². The molecule has 0 saturated carbocycles. The molecule has 0 aliphatic carbocycles. The van der Waals surface area contributed by atoms with Crippen molar-refractivity contribution < 1.29 is 4.79 Å². The molecule has 0 aliphatic rings. The van der Waals surface area contributed by atoms with Crippen LogP contribution in [-0.2, 0) is 0 Å². The van der Waals surface area contributed by atoms with Crippen molar-refractivity contribution in [1.82, 2.24) is 9.97 Å². The zero-order valence-corrected chi connectivity index (χ0v) is 18.3. The largest absolute Gasteiger partial charge is 0.340 e. The first-order valence-electron chi connectivity index (χ1n) is 11.0. The summed E-state index contributed by atoms with van der Waals surface area (Å²) in [6.07, 6.45) is 3.48. The van der Waals surface area contributed by atoms with Crippen molar-refractivity contribution in [2.75, 3.05) is 10.6 Å². The van der Waals surface area contributed by atoms with E-state index in [1.54, 1.807) is 24.5 Å². The van der Waals surface area contributed by atoms with Crippen LogP contribution in [0.25, 0.3) is 22.3 Å². The Labute approximate surface area is 198 Å². The molecule has 0 spiro atoms. The summed E-state index contributed by atoms with van der Waals surface area (Å²) in [5.74, 6) is 1.03. The van der Waals surface area contributed by atoms with Crippen LogP contribution in [0.15, 0.2) is 122 Å². The number of carbonyl (C=O) groups is 1. The van der Waals surface area contributed by atoms with E-state index >= 15 is 0 Å². The van der Waals surface area contributed by atoms with Gasteiger partial charge >= 0.3 is 0 Å². The highest BCUT2D eigenvalue weighted by Gasteiger charge is 2.09. The van der Waals surface area contributed by atoms with Gasteiger partial charge in [-0.1, -0.05) is 60.7 Å². The standard InChI is InChI=1S/C29H22N4O/c34-29(33-28-20-25(16-18-31-28)22-9-5-2-6-10-22)23-11-13-26(14-12-23)32-27-19-24(15-17-30-27)21-7-3-1-4-8-21/h1-20H,(H,30,32)(H,31,33,34). The Hall–Kier alpha value is -4.77. The van der Waals surface area contributed by atoms with Crippen LogP contribution in [-0.4, -0.2) is 15.9 Å². The van der Waals surface area contributed by atoms with E-state index in [1.807, 2.05) is 84.9 Å². The van der Waals surface area contributed by atoms with Crippen LogP contribution in [0.1, 0.15) is 10.4 Å². The molecular formula is C29H22N4O. The molecule has 5 aromatic rings.